The molecule has 5 nitrogen and oxygen atoms in total. The Balaban J connectivity index is 1.26. The van der Waals surface area contributed by atoms with E-state index in [4.69, 9.17) is 4.74 Å². The van der Waals surface area contributed by atoms with E-state index in [1.165, 1.54) is 24.3 Å². The number of benzene rings is 2. The number of amides is 1. The maximum absolute atomic E-state index is 13.2. The van der Waals surface area contributed by atoms with Crippen molar-refractivity contribution < 1.29 is 18.3 Å². The summed E-state index contributed by atoms with van der Waals surface area (Å²) in [5.74, 6) is 0.135. The molecule has 1 aliphatic heterocycles. The number of rotatable bonds is 7. The molecule has 0 saturated carbocycles. The number of carbonyl (C=O) groups excluding carboxylic acids is 1. The third kappa shape index (κ3) is 5.03. The lowest BCUT2D eigenvalue weighted by atomic mass is 10.1. The van der Waals surface area contributed by atoms with Crippen LogP contribution in [0.2, 0.25) is 0 Å². The molecule has 2 aromatic carbocycles. The summed E-state index contributed by atoms with van der Waals surface area (Å²) in [4.78, 5) is 14.4. The maximum Gasteiger partial charge on any atom is 0.222 e. The zero-order chi connectivity index (χ0) is 20.9. The van der Waals surface area contributed by atoms with Gasteiger partial charge in [0.05, 0.1) is 11.4 Å². The highest BCUT2D eigenvalue weighted by molar-refractivity contribution is 5.76. The molecule has 1 aliphatic rings. The van der Waals surface area contributed by atoms with Crippen molar-refractivity contribution in [1.82, 2.24) is 15.1 Å². The van der Waals surface area contributed by atoms with Crippen molar-refractivity contribution in [3.05, 3.63) is 83.2 Å². The molecule has 7 heteroatoms. The molecular formula is C23H23F2N3O2. The summed E-state index contributed by atoms with van der Waals surface area (Å²) in [5, 5.41) is 7.33. The number of aromatic nitrogens is 2. The number of nitrogens with zero attached hydrogens (tertiary/aromatic N) is 2. The molecule has 1 atom stereocenters. The van der Waals surface area contributed by atoms with Gasteiger partial charge in [-0.25, -0.2) is 8.78 Å². The van der Waals surface area contributed by atoms with Crippen LogP contribution >= 0.6 is 0 Å². The summed E-state index contributed by atoms with van der Waals surface area (Å²) in [5.41, 5.74) is 2.66. The summed E-state index contributed by atoms with van der Waals surface area (Å²) >= 11 is 0. The number of carbonyl (C=O) groups is 1. The van der Waals surface area contributed by atoms with E-state index in [9.17, 15) is 13.6 Å². The van der Waals surface area contributed by atoms with E-state index in [-0.39, 0.29) is 30.1 Å². The summed E-state index contributed by atoms with van der Waals surface area (Å²) in [6.45, 7) is 1.61. The second-order valence-electron chi connectivity index (χ2n) is 7.52. The number of halogens is 2. The van der Waals surface area contributed by atoms with E-state index in [2.05, 4.69) is 10.2 Å². The topological polar surface area (TPSA) is 58.2 Å². The Bertz CT molecular complexity index is 1000. The number of hydrogen-bond acceptors (Lipinski definition) is 3. The van der Waals surface area contributed by atoms with Crippen molar-refractivity contribution in [2.45, 2.75) is 31.8 Å². The molecule has 0 unspecified atom stereocenters. The highest BCUT2D eigenvalue weighted by atomic mass is 19.1. The van der Waals surface area contributed by atoms with Crippen LogP contribution < -0.4 is 4.74 Å². The molecule has 156 valence electrons. The minimum Gasteiger partial charge on any atom is -0.487 e. The predicted molar refractivity (Wildman–Crippen MR) is 108 cm³/mol. The third-order valence-electron chi connectivity index (χ3n) is 5.34. The Kier molecular flexibility index (Phi) is 6.07. The van der Waals surface area contributed by atoms with Crippen LogP contribution in [-0.4, -0.2) is 34.1 Å². The van der Waals surface area contributed by atoms with Crippen LogP contribution in [0, 0.1) is 11.6 Å². The standard InChI is InChI=1S/C23H23F2N3O2/c24-18-7-4-16(5-8-18)6-9-23(29)28-11-10-17(14-28)22-13-20(26-27-22)15-30-21-3-1-2-19(25)12-21/h1-5,7-8,12-13,17H,6,9-11,14-15H2,(H,26,27)/t17-/m1/s1. The number of likely N-dealkylation sites (tertiary alicyclic amines) is 1. The fraction of sp³-hybridized carbons (Fsp3) is 0.304. The molecule has 0 bridgehead atoms. The van der Waals surface area contributed by atoms with Crippen LogP contribution in [0.25, 0.3) is 0 Å². The second-order valence-corrected chi connectivity index (χ2v) is 7.52. The van der Waals surface area contributed by atoms with Crippen LogP contribution in [0.4, 0.5) is 8.78 Å². The van der Waals surface area contributed by atoms with Gasteiger partial charge in [0.25, 0.3) is 0 Å². The number of ether oxygens (including phenoxy) is 1. The van der Waals surface area contributed by atoms with Crippen molar-refractivity contribution in [3.63, 3.8) is 0 Å². The lowest BCUT2D eigenvalue weighted by Gasteiger charge is -2.16. The molecule has 0 aliphatic carbocycles. The van der Waals surface area contributed by atoms with E-state index in [1.54, 1.807) is 24.3 Å². The zero-order valence-corrected chi connectivity index (χ0v) is 16.5. The van der Waals surface area contributed by atoms with E-state index in [0.29, 0.717) is 31.7 Å². The number of hydrogen-bond donors (Lipinski definition) is 1. The fourth-order valence-corrected chi connectivity index (χ4v) is 3.67. The Morgan fingerprint density at radius 2 is 1.97 bits per heavy atom. The fourth-order valence-electron chi connectivity index (χ4n) is 3.67. The molecule has 0 spiro atoms. The largest absolute Gasteiger partial charge is 0.487 e. The minimum atomic E-state index is -0.340. The first-order valence-corrected chi connectivity index (χ1v) is 10.0. The third-order valence-corrected chi connectivity index (χ3v) is 5.34. The van der Waals surface area contributed by atoms with Crippen molar-refractivity contribution in [3.8, 4) is 5.75 Å². The first kappa shape index (κ1) is 20.1. The molecule has 4 rings (SSSR count). The molecule has 30 heavy (non-hydrogen) atoms. The number of nitrogens with one attached hydrogen (secondary N) is 1. The van der Waals surface area contributed by atoms with Gasteiger partial charge in [-0.3, -0.25) is 9.89 Å². The SMILES string of the molecule is O=C(CCc1ccc(F)cc1)N1CC[C@@H](c2cc(COc3cccc(F)c3)[nH]n2)C1. The van der Waals surface area contributed by atoms with Crippen molar-refractivity contribution in [2.75, 3.05) is 13.1 Å². The Labute approximate surface area is 173 Å². The lowest BCUT2D eigenvalue weighted by Crippen LogP contribution is -2.28. The van der Waals surface area contributed by atoms with Gasteiger partial charge in [0.2, 0.25) is 5.91 Å². The average Bonchev–Trinajstić information content (AvgIpc) is 3.41. The molecular weight excluding hydrogens is 388 g/mol. The van der Waals surface area contributed by atoms with Gasteiger partial charge in [0, 0.05) is 31.5 Å². The average molecular weight is 411 g/mol. The van der Waals surface area contributed by atoms with E-state index in [1.807, 2.05) is 11.0 Å². The molecule has 1 fully saturated rings. The molecule has 1 saturated heterocycles. The van der Waals surface area contributed by atoms with E-state index >= 15 is 0 Å². The Hall–Kier alpha value is -3.22. The van der Waals surface area contributed by atoms with Crippen LogP contribution in [0.5, 0.6) is 5.75 Å². The van der Waals surface area contributed by atoms with Gasteiger partial charge in [0.15, 0.2) is 0 Å². The first-order chi connectivity index (χ1) is 14.6. The Morgan fingerprint density at radius 1 is 1.13 bits per heavy atom. The Morgan fingerprint density at radius 3 is 2.77 bits per heavy atom. The van der Waals surface area contributed by atoms with Gasteiger partial charge in [-0.15, -0.1) is 0 Å². The molecule has 1 amide bonds. The molecule has 0 radical (unpaired) electrons. The van der Waals surface area contributed by atoms with Gasteiger partial charge in [-0.05, 0) is 48.7 Å². The number of aromatic amines is 1. The van der Waals surface area contributed by atoms with E-state index in [0.717, 1.165) is 23.4 Å². The second kappa shape index (κ2) is 9.07. The minimum absolute atomic E-state index is 0.104. The smallest absolute Gasteiger partial charge is 0.222 e. The molecule has 3 aromatic rings. The quantitative estimate of drug-likeness (QED) is 0.634. The predicted octanol–water partition coefficient (Wildman–Crippen LogP) is 4.22. The number of H-pyrrole nitrogens is 1. The summed E-state index contributed by atoms with van der Waals surface area (Å²) < 4.78 is 31.8. The van der Waals surface area contributed by atoms with Crippen LogP contribution in [0.1, 0.15) is 35.7 Å². The first-order valence-electron chi connectivity index (χ1n) is 10.0. The molecule has 2 heterocycles. The van der Waals surface area contributed by atoms with E-state index < -0.39 is 0 Å². The number of aryl methyl sites for hydroxylation is 1. The van der Waals surface area contributed by atoms with Gasteiger partial charge in [0.1, 0.15) is 24.0 Å². The van der Waals surface area contributed by atoms with Crippen molar-refractivity contribution in [2.24, 2.45) is 0 Å². The van der Waals surface area contributed by atoms with Crippen LogP contribution in [0.3, 0.4) is 0 Å². The zero-order valence-electron chi connectivity index (χ0n) is 16.5. The monoisotopic (exact) mass is 411 g/mol. The molecule has 1 N–H and O–H groups in total. The van der Waals surface area contributed by atoms with Crippen LogP contribution in [0.15, 0.2) is 54.6 Å². The lowest BCUT2D eigenvalue weighted by molar-refractivity contribution is -0.130. The maximum atomic E-state index is 13.2. The van der Waals surface area contributed by atoms with Gasteiger partial charge >= 0.3 is 0 Å². The van der Waals surface area contributed by atoms with Crippen molar-refractivity contribution >= 4 is 5.91 Å². The van der Waals surface area contributed by atoms with Gasteiger partial charge in [-0.2, -0.15) is 5.10 Å². The van der Waals surface area contributed by atoms with Crippen molar-refractivity contribution in [1.29, 1.82) is 0 Å². The highest BCUT2D eigenvalue weighted by Crippen LogP contribution is 2.27. The molecule has 1 aromatic heterocycles. The summed E-state index contributed by atoms with van der Waals surface area (Å²) in [6.07, 6.45) is 1.87. The van der Waals surface area contributed by atoms with Gasteiger partial charge < -0.3 is 9.64 Å². The summed E-state index contributed by atoms with van der Waals surface area (Å²) in [6, 6.07) is 14.2. The highest BCUT2D eigenvalue weighted by Gasteiger charge is 2.28. The summed E-state index contributed by atoms with van der Waals surface area (Å²) in [7, 11) is 0. The van der Waals surface area contributed by atoms with Crippen LogP contribution in [-0.2, 0) is 17.8 Å². The van der Waals surface area contributed by atoms with Gasteiger partial charge in [-0.1, -0.05) is 18.2 Å². The normalized spacial score (nSPS) is 16.1.